The molecule has 3 rings (SSSR count). The molecule has 0 aliphatic rings. The van der Waals surface area contributed by atoms with Gasteiger partial charge in [0.2, 0.25) is 0 Å². The molecule has 0 aliphatic carbocycles. The minimum Gasteiger partial charge on any atom is -0.0740 e. The molecular weight excluding hydrogens is 319 g/mol. The topological polar surface area (TPSA) is 0 Å². The monoisotopic (exact) mass is 350 g/mol. The van der Waals surface area contributed by atoms with Crippen LogP contribution in [0.1, 0.15) is 52.4 Å². The Kier molecular flexibility index (Phi) is 6.88. The third-order valence-corrected chi connectivity index (χ3v) is 7.95. The maximum atomic E-state index is 2.37. The highest BCUT2D eigenvalue weighted by molar-refractivity contribution is 7.66. The van der Waals surface area contributed by atoms with Gasteiger partial charge in [-0.25, -0.2) is 0 Å². The largest absolute Gasteiger partial charge is 0.0740 e. The molecule has 0 nitrogen and oxygen atoms in total. The lowest BCUT2D eigenvalue weighted by Crippen LogP contribution is -2.10. The van der Waals surface area contributed by atoms with Crippen molar-refractivity contribution in [1.29, 1.82) is 0 Å². The molecule has 0 heterocycles. The summed E-state index contributed by atoms with van der Waals surface area (Å²) >= 11 is 0. The van der Waals surface area contributed by atoms with Crippen molar-refractivity contribution in [2.45, 2.75) is 52.4 Å². The fraction of sp³-hybridized carbons (Fsp3) is 0.417. The van der Waals surface area contributed by atoms with Gasteiger partial charge in [0.15, 0.2) is 0 Å². The summed E-state index contributed by atoms with van der Waals surface area (Å²) in [5, 5.41) is 7.50. The molecule has 0 saturated carbocycles. The first-order valence-corrected chi connectivity index (χ1v) is 11.7. The minimum atomic E-state index is -0.0786. The lowest BCUT2D eigenvalue weighted by Gasteiger charge is -2.22. The zero-order chi connectivity index (χ0) is 17.5. The first kappa shape index (κ1) is 18.4. The number of fused-ring (bicyclic) bond motifs is 2. The summed E-state index contributed by atoms with van der Waals surface area (Å²) in [4.78, 5) is 0. The van der Waals surface area contributed by atoms with Gasteiger partial charge in [0.1, 0.15) is 0 Å². The average molecular weight is 350 g/mol. The van der Waals surface area contributed by atoms with E-state index in [-0.39, 0.29) is 7.92 Å². The van der Waals surface area contributed by atoms with E-state index in [1.54, 1.807) is 5.30 Å². The van der Waals surface area contributed by atoms with Crippen molar-refractivity contribution in [3.05, 3.63) is 54.6 Å². The quantitative estimate of drug-likeness (QED) is 0.213. The van der Waals surface area contributed by atoms with Crippen molar-refractivity contribution in [2.75, 3.05) is 12.3 Å². The van der Waals surface area contributed by atoms with Crippen LogP contribution in [0.25, 0.3) is 21.5 Å². The SMILES string of the molecule is CCCCCP(CCCCC)c1c2ccccc2cc2ccccc12. The normalized spacial score (nSPS) is 11.6. The van der Waals surface area contributed by atoms with E-state index in [1.807, 2.05) is 0 Å². The molecule has 0 aliphatic heterocycles. The van der Waals surface area contributed by atoms with Gasteiger partial charge in [-0.2, -0.15) is 0 Å². The van der Waals surface area contributed by atoms with Crippen LogP contribution in [0.15, 0.2) is 54.6 Å². The van der Waals surface area contributed by atoms with Crippen molar-refractivity contribution >= 4 is 34.8 Å². The Hall–Kier alpha value is -1.39. The van der Waals surface area contributed by atoms with E-state index in [9.17, 15) is 0 Å². The lowest BCUT2D eigenvalue weighted by molar-refractivity contribution is 0.763. The Morgan fingerprint density at radius 2 is 1.12 bits per heavy atom. The molecule has 1 heteroatoms. The minimum absolute atomic E-state index is 0.0786. The first-order chi connectivity index (χ1) is 12.3. The van der Waals surface area contributed by atoms with Crippen LogP contribution < -0.4 is 5.30 Å². The van der Waals surface area contributed by atoms with Gasteiger partial charge in [-0.05, 0) is 58.1 Å². The smallest absolute Gasteiger partial charge is 0.00841 e. The fourth-order valence-electron chi connectivity index (χ4n) is 3.77. The first-order valence-electron chi connectivity index (χ1n) is 10.0. The lowest BCUT2D eigenvalue weighted by atomic mass is 10.0. The predicted octanol–water partition coefficient (Wildman–Crippen LogP) is 7.48. The summed E-state index contributed by atoms with van der Waals surface area (Å²) in [6.45, 7) is 4.62. The van der Waals surface area contributed by atoms with Crippen molar-refractivity contribution in [3.63, 3.8) is 0 Å². The number of benzene rings is 3. The summed E-state index contributed by atoms with van der Waals surface area (Å²) < 4.78 is 0. The maximum Gasteiger partial charge on any atom is -0.00841 e. The maximum absolute atomic E-state index is 2.37. The molecule has 132 valence electrons. The van der Waals surface area contributed by atoms with E-state index in [2.05, 4.69) is 68.4 Å². The Morgan fingerprint density at radius 3 is 1.60 bits per heavy atom. The summed E-state index contributed by atoms with van der Waals surface area (Å²) in [6.07, 6.45) is 10.9. The van der Waals surface area contributed by atoms with E-state index in [0.29, 0.717) is 0 Å². The van der Waals surface area contributed by atoms with Crippen LogP contribution in [-0.2, 0) is 0 Å². The number of unbranched alkanes of at least 4 members (excludes halogenated alkanes) is 4. The van der Waals surface area contributed by atoms with Crippen LogP contribution in [-0.4, -0.2) is 12.3 Å². The summed E-state index contributed by atoms with van der Waals surface area (Å²) in [7, 11) is -0.0786. The molecule has 3 aromatic rings. The number of rotatable bonds is 9. The predicted molar refractivity (Wildman–Crippen MR) is 117 cm³/mol. The zero-order valence-electron chi connectivity index (χ0n) is 15.8. The van der Waals surface area contributed by atoms with Gasteiger partial charge in [-0.15, -0.1) is 0 Å². The van der Waals surface area contributed by atoms with Crippen molar-refractivity contribution in [2.24, 2.45) is 0 Å². The molecular formula is C24H31P. The number of hydrogen-bond donors (Lipinski definition) is 0. The van der Waals surface area contributed by atoms with Gasteiger partial charge in [-0.1, -0.05) is 96.0 Å². The third kappa shape index (κ3) is 4.42. The van der Waals surface area contributed by atoms with Crippen LogP contribution in [0, 0.1) is 0 Å². The second-order valence-electron chi connectivity index (χ2n) is 7.07. The molecule has 0 aromatic heterocycles. The molecule has 0 unspecified atom stereocenters. The van der Waals surface area contributed by atoms with E-state index < -0.39 is 0 Å². The summed E-state index contributed by atoms with van der Waals surface area (Å²) in [6, 6.07) is 20.4. The Morgan fingerprint density at radius 1 is 0.640 bits per heavy atom. The van der Waals surface area contributed by atoms with Gasteiger partial charge in [-0.3, -0.25) is 0 Å². The number of hydrogen-bond acceptors (Lipinski definition) is 0. The van der Waals surface area contributed by atoms with Crippen molar-refractivity contribution < 1.29 is 0 Å². The van der Waals surface area contributed by atoms with Crippen LogP contribution >= 0.6 is 7.92 Å². The molecule has 3 aromatic carbocycles. The fourth-order valence-corrected chi connectivity index (χ4v) is 6.74. The van der Waals surface area contributed by atoms with Gasteiger partial charge in [0, 0.05) is 0 Å². The van der Waals surface area contributed by atoms with E-state index >= 15 is 0 Å². The highest BCUT2D eigenvalue weighted by atomic mass is 31.1. The molecule has 0 radical (unpaired) electrons. The molecule has 0 N–H and O–H groups in total. The van der Waals surface area contributed by atoms with Crippen LogP contribution in [0.5, 0.6) is 0 Å². The second-order valence-corrected chi connectivity index (χ2v) is 9.49. The Balaban J connectivity index is 2.08. The van der Waals surface area contributed by atoms with Crippen molar-refractivity contribution in [1.82, 2.24) is 0 Å². The zero-order valence-corrected chi connectivity index (χ0v) is 16.7. The molecule has 25 heavy (non-hydrogen) atoms. The van der Waals surface area contributed by atoms with E-state index in [1.165, 1.54) is 72.4 Å². The van der Waals surface area contributed by atoms with Crippen LogP contribution in [0.2, 0.25) is 0 Å². The molecule has 0 atom stereocenters. The van der Waals surface area contributed by atoms with Gasteiger partial charge < -0.3 is 0 Å². The van der Waals surface area contributed by atoms with Crippen molar-refractivity contribution in [3.8, 4) is 0 Å². The standard InChI is InChI=1S/C24H31P/c1-3-5-11-17-25(18-12-6-4-2)24-22-15-9-7-13-20(22)19-21-14-8-10-16-23(21)24/h7-10,13-16,19H,3-6,11-12,17-18H2,1-2H3. The van der Waals surface area contributed by atoms with E-state index in [4.69, 9.17) is 0 Å². The third-order valence-electron chi connectivity index (χ3n) is 5.12. The molecule has 0 fully saturated rings. The van der Waals surface area contributed by atoms with Crippen LogP contribution in [0.3, 0.4) is 0 Å². The van der Waals surface area contributed by atoms with Gasteiger partial charge in [0.25, 0.3) is 0 Å². The Labute approximate surface area is 154 Å². The molecule has 0 saturated heterocycles. The highest BCUT2D eigenvalue weighted by Crippen LogP contribution is 2.42. The molecule has 0 spiro atoms. The average Bonchev–Trinajstić information content (AvgIpc) is 2.65. The molecule has 0 amide bonds. The summed E-state index contributed by atoms with van der Waals surface area (Å²) in [5.74, 6) is 0. The highest BCUT2D eigenvalue weighted by Gasteiger charge is 2.17. The second kappa shape index (κ2) is 9.35. The van der Waals surface area contributed by atoms with E-state index in [0.717, 1.165) is 0 Å². The summed E-state index contributed by atoms with van der Waals surface area (Å²) in [5.41, 5.74) is 0. The van der Waals surface area contributed by atoms with Gasteiger partial charge >= 0.3 is 0 Å². The van der Waals surface area contributed by atoms with Crippen LogP contribution in [0.4, 0.5) is 0 Å². The Bertz CT molecular complexity index is 741. The van der Waals surface area contributed by atoms with Gasteiger partial charge in [0.05, 0.1) is 0 Å². The molecule has 0 bridgehead atoms.